The molecule has 2 aliphatic rings. The van der Waals surface area contributed by atoms with Crippen molar-refractivity contribution in [2.45, 2.75) is 26.2 Å². The van der Waals surface area contributed by atoms with Gasteiger partial charge in [-0.15, -0.1) is 0 Å². The summed E-state index contributed by atoms with van der Waals surface area (Å²) in [6.07, 6.45) is 0. The van der Waals surface area contributed by atoms with E-state index in [2.05, 4.69) is 208 Å². The molecule has 0 aromatic heterocycles. The van der Waals surface area contributed by atoms with Crippen LogP contribution in [0.4, 0.5) is 0 Å². The standard InChI is InChI=1S/C50H42Si2/c1-51(2)47(37-25-13-7-14-26-37)45(35-21-9-5-10-22-35)43-33-19-31-41(49(43)51)39-29-17-18-30-40(39)42-32-20-34-44-46(36-23-11-6-12-24-36)48(52(3,4)50(42)44)38-27-15-8-16-28-38/h5-34H,1-4H3. The Morgan fingerprint density at radius 3 is 0.865 bits per heavy atom. The molecule has 0 spiro atoms. The van der Waals surface area contributed by atoms with Gasteiger partial charge in [0.25, 0.3) is 0 Å². The molecule has 7 aromatic rings. The van der Waals surface area contributed by atoms with E-state index in [9.17, 15) is 0 Å². The van der Waals surface area contributed by atoms with Gasteiger partial charge >= 0.3 is 0 Å². The smallest absolute Gasteiger partial charge is 0.0622 e. The molecule has 0 nitrogen and oxygen atoms in total. The predicted molar refractivity (Wildman–Crippen MR) is 229 cm³/mol. The van der Waals surface area contributed by atoms with E-state index in [0.29, 0.717) is 0 Å². The predicted octanol–water partition coefficient (Wildman–Crippen LogP) is 11.9. The van der Waals surface area contributed by atoms with Crippen molar-refractivity contribution in [3.8, 4) is 22.3 Å². The average Bonchev–Trinajstić information content (AvgIpc) is 3.59. The molecule has 0 unspecified atom stereocenters. The molecule has 0 N–H and O–H groups in total. The second kappa shape index (κ2) is 12.6. The molecule has 250 valence electrons. The molecule has 0 fully saturated rings. The lowest BCUT2D eigenvalue weighted by molar-refractivity contribution is 1.55. The largest absolute Gasteiger partial charge is 0.115 e. The van der Waals surface area contributed by atoms with Crippen molar-refractivity contribution in [3.63, 3.8) is 0 Å². The van der Waals surface area contributed by atoms with Crippen LogP contribution in [0.15, 0.2) is 182 Å². The summed E-state index contributed by atoms with van der Waals surface area (Å²) < 4.78 is 0. The average molecular weight is 699 g/mol. The molecular weight excluding hydrogens is 657 g/mol. The summed E-state index contributed by atoms with van der Waals surface area (Å²) in [5, 5.41) is 6.13. The van der Waals surface area contributed by atoms with Gasteiger partial charge in [-0.25, -0.2) is 0 Å². The molecule has 0 atom stereocenters. The summed E-state index contributed by atoms with van der Waals surface area (Å²) in [6, 6.07) is 67.8. The van der Waals surface area contributed by atoms with Crippen molar-refractivity contribution in [3.05, 3.63) is 215 Å². The first-order valence-electron chi connectivity index (χ1n) is 18.5. The molecule has 9 rings (SSSR count). The number of hydrogen-bond donors (Lipinski definition) is 0. The quantitative estimate of drug-likeness (QED) is 0.152. The molecule has 0 saturated heterocycles. The SMILES string of the molecule is C[Si]1(C)C(c2ccccc2)=C(c2ccccc2)c2cccc(-c3ccccc3-c3cccc4c3[Si](C)(C)C(c3ccccc3)=C4c3ccccc3)c21. The number of hydrogen-bond acceptors (Lipinski definition) is 0. The first-order chi connectivity index (χ1) is 25.4. The minimum Gasteiger partial charge on any atom is -0.0622 e. The van der Waals surface area contributed by atoms with Gasteiger partial charge < -0.3 is 0 Å². The number of rotatable bonds is 6. The van der Waals surface area contributed by atoms with E-state index in [1.807, 2.05) is 0 Å². The van der Waals surface area contributed by atoms with E-state index in [4.69, 9.17) is 0 Å². The Kier molecular flexibility index (Phi) is 7.84. The van der Waals surface area contributed by atoms with Gasteiger partial charge in [0.2, 0.25) is 0 Å². The van der Waals surface area contributed by atoms with Crippen LogP contribution in [0.5, 0.6) is 0 Å². The lowest BCUT2D eigenvalue weighted by Gasteiger charge is -2.28. The fourth-order valence-electron chi connectivity index (χ4n) is 9.44. The molecule has 2 aliphatic heterocycles. The van der Waals surface area contributed by atoms with Crippen LogP contribution in [-0.2, 0) is 0 Å². The highest BCUT2D eigenvalue weighted by Crippen LogP contribution is 2.48. The maximum absolute atomic E-state index is 2.56. The molecule has 2 heteroatoms. The van der Waals surface area contributed by atoms with Crippen molar-refractivity contribution in [1.82, 2.24) is 0 Å². The van der Waals surface area contributed by atoms with Crippen LogP contribution in [0.3, 0.4) is 0 Å². The zero-order valence-corrected chi connectivity index (χ0v) is 32.3. The van der Waals surface area contributed by atoms with Crippen LogP contribution >= 0.6 is 0 Å². The third-order valence-corrected chi connectivity index (χ3v) is 18.6. The first-order valence-corrected chi connectivity index (χ1v) is 24.5. The molecule has 0 bridgehead atoms. The second-order valence-electron chi connectivity index (χ2n) is 15.2. The van der Waals surface area contributed by atoms with Crippen molar-refractivity contribution in [1.29, 1.82) is 0 Å². The van der Waals surface area contributed by atoms with E-state index in [0.717, 1.165) is 0 Å². The Balaban J connectivity index is 1.28. The van der Waals surface area contributed by atoms with Gasteiger partial charge in [-0.05, 0) is 87.5 Å². The lowest BCUT2D eigenvalue weighted by atomic mass is 9.88. The highest BCUT2D eigenvalue weighted by atomic mass is 28.3. The summed E-state index contributed by atoms with van der Waals surface area (Å²) in [6.45, 7) is 10.3. The summed E-state index contributed by atoms with van der Waals surface area (Å²) >= 11 is 0. The fraction of sp³-hybridized carbons (Fsp3) is 0.0800. The zero-order valence-electron chi connectivity index (χ0n) is 30.3. The molecular formula is C50H42Si2. The van der Waals surface area contributed by atoms with Crippen LogP contribution in [0, 0.1) is 0 Å². The lowest BCUT2D eigenvalue weighted by Crippen LogP contribution is -2.43. The van der Waals surface area contributed by atoms with E-state index >= 15 is 0 Å². The van der Waals surface area contributed by atoms with Crippen molar-refractivity contribution >= 4 is 48.1 Å². The van der Waals surface area contributed by atoms with Crippen molar-refractivity contribution in [2.75, 3.05) is 0 Å². The van der Waals surface area contributed by atoms with Crippen molar-refractivity contribution < 1.29 is 0 Å². The Morgan fingerprint density at radius 2 is 0.519 bits per heavy atom. The van der Waals surface area contributed by atoms with Crippen LogP contribution in [0.1, 0.15) is 33.4 Å². The summed E-state index contributed by atoms with van der Waals surface area (Å²) in [5.41, 5.74) is 16.3. The van der Waals surface area contributed by atoms with E-state index in [-0.39, 0.29) is 0 Å². The Morgan fingerprint density at radius 1 is 0.250 bits per heavy atom. The maximum Gasteiger partial charge on any atom is 0.115 e. The van der Waals surface area contributed by atoms with Gasteiger partial charge in [-0.1, -0.05) is 208 Å². The third kappa shape index (κ3) is 5.01. The summed E-state index contributed by atoms with van der Waals surface area (Å²) in [7, 11) is -4.41. The van der Waals surface area contributed by atoms with Gasteiger partial charge in [0.1, 0.15) is 16.1 Å². The van der Waals surface area contributed by atoms with Gasteiger partial charge in [-0.3, -0.25) is 0 Å². The Labute approximate surface area is 310 Å². The van der Waals surface area contributed by atoms with Crippen LogP contribution in [-0.4, -0.2) is 16.1 Å². The highest BCUT2D eigenvalue weighted by molar-refractivity contribution is 7.09. The molecule has 0 radical (unpaired) electrons. The van der Waals surface area contributed by atoms with Crippen LogP contribution in [0.25, 0.3) is 43.8 Å². The third-order valence-electron chi connectivity index (χ3n) is 11.4. The molecule has 0 saturated carbocycles. The van der Waals surface area contributed by atoms with Gasteiger partial charge in [0.05, 0.1) is 0 Å². The van der Waals surface area contributed by atoms with E-state index in [1.165, 1.54) is 87.5 Å². The molecule has 0 amide bonds. The van der Waals surface area contributed by atoms with Crippen molar-refractivity contribution in [2.24, 2.45) is 0 Å². The van der Waals surface area contributed by atoms with Gasteiger partial charge in [0, 0.05) is 0 Å². The minimum atomic E-state index is -2.21. The Bertz CT molecular complexity index is 2340. The molecule has 52 heavy (non-hydrogen) atoms. The highest BCUT2D eigenvalue weighted by Gasteiger charge is 2.44. The molecule has 7 aromatic carbocycles. The minimum absolute atomic E-state index is 1.30. The number of fused-ring (bicyclic) bond motifs is 2. The normalized spacial score (nSPS) is 15.5. The van der Waals surface area contributed by atoms with E-state index < -0.39 is 16.1 Å². The molecule has 0 aliphatic carbocycles. The second-order valence-corrected chi connectivity index (χ2v) is 23.7. The summed E-state index contributed by atoms with van der Waals surface area (Å²) in [5.74, 6) is 0. The van der Waals surface area contributed by atoms with Crippen LogP contribution in [0.2, 0.25) is 26.2 Å². The number of benzene rings is 7. The fourth-order valence-corrected chi connectivity index (χ4v) is 17.1. The van der Waals surface area contributed by atoms with Crippen LogP contribution < -0.4 is 10.4 Å². The topological polar surface area (TPSA) is 0 Å². The van der Waals surface area contributed by atoms with E-state index in [1.54, 1.807) is 0 Å². The monoisotopic (exact) mass is 698 g/mol. The first kappa shape index (κ1) is 32.4. The maximum atomic E-state index is 2.56. The van der Waals surface area contributed by atoms with Gasteiger partial charge in [0.15, 0.2) is 0 Å². The van der Waals surface area contributed by atoms with Gasteiger partial charge in [-0.2, -0.15) is 0 Å². The Hall–Kier alpha value is -5.55. The molecule has 2 heterocycles. The summed E-state index contributed by atoms with van der Waals surface area (Å²) in [4.78, 5) is 0. The zero-order chi connectivity index (χ0) is 35.5.